The maximum absolute atomic E-state index is 6.25. The van der Waals surface area contributed by atoms with Crippen LogP contribution >= 0.6 is 35.6 Å². The number of benzene rings is 2. The molecule has 3 aromatic rings. The molecule has 1 heterocycles. The SMILES string of the molecule is Cc1nnc(CNC(=NCc2ccccc2)NCCc2ccccc2Cl)n1C.I. The van der Waals surface area contributed by atoms with Gasteiger partial charge in [-0.05, 0) is 30.5 Å². The van der Waals surface area contributed by atoms with Crippen LogP contribution in [0.15, 0.2) is 59.6 Å². The minimum Gasteiger partial charge on any atom is -0.356 e. The Bertz CT molecular complexity index is 926. The summed E-state index contributed by atoms with van der Waals surface area (Å²) in [6.07, 6.45) is 0.814. The van der Waals surface area contributed by atoms with Crippen molar-refractivity contribution in [2.45, 2.75) is 26.4 Å². The summed E-state index contributed by atoms with van der Waals surface area (Å²) in [6.45, 7) is 3.80. The number of nitrogens with zero attached hydrogens (tertiary/aromatic N) is 4. The van der Waals surface area contributed by atoms with Gasteiger partial charge in [0.15, 0.2) is 11.8 Å². The zero-order valence-electron chi connectivity index (χ0n) is 16.6. The minimum atomic E-state index is 0. The standard InChI is InChI=1S/C21H25ClN6.HI/c1-16-26-27-20(28(16)2)15-25-21(24-14-17-8-4-3-5-9-17)23-13-12-18-10-6-7-11-19(18)22;/h3-11H,12-15H2,1-2H3,(H2,23,24,25);1H. The van der Waals surface area contributed by atoms with Gasteiger partial charge in [0.05, 0.1) is 13.1 Å². The summed E-state index contributed by atoms with van der Waals surface area (Å²) in [4.78, 5) is 4.70. The van der Waals surface area contributed by atoms with Gasteiger partial charge in [-0.25, -0.2) is 4.99 Å². The first-order valence-electron chi connectivity index (χ1n) is 9.28. The van der Waals surface area contributed by atoms with Gasteiger partial charge in [-0.1, -0.05) is 60.1 Å². The Labute approximate surface area is 193 Å². The Morgan fingerprint density at radius 1 is 1.03 bits per heavy atom. The largest absolute Gasteiger partial charge is 0.356 e. The third kappa shape index (κ3) is 7.01. The van der Waals surface area contributed by atoms with Crippen molar-refractivity contribution in [3.63, 3.8) is 0 Å². The lowest BCUT2D eigenvalue weighted by Crippen LogP contribution is -2.38. The van der Waals surface area contributed by atoms with Gasteiger partial charge in [0.25, 0.3) is 0 Å². The van der Waals surface area contributed by atoms with E-state index in [2.05, 4.69) is 33.0 Å². The monoisotopic (exact) mass is 524 g/mol. The molecule has 0 saturated heterocycles. The Balaban J connectivity index is 0.00000300. The van der Waals surface area contributed by atoms with E-state index < -0.39 is 0 Å². The summed E-state index contributed by atoms with van der Waals surface area (Å²) in [5.74, 6) is 2.47. The molecule has 8 heteroatoms. The Kier molecular flexibility index (Phi) is 9.40. The lowest BCUT2D eigenvalue weighted by atomic mass is 10.1. The molecular formula is C21H26ClIN6. The highest BCUT2D eigenvalue weighted by Crippen LogP contribution is 2.14. The second-order valence-electron chi connectivity index (χ2n) is 6.49. The van der Waals surface area contributed by atoms with Gasteiger partial charge in [-0.2, -0.15) is 0 Å². The van der Waals surface area contributed by atoms with E-state index in [0.717, 1.165) is 46.7 Å². The van der Waals surface area contributed by atoms with Gasteiger partial charge in [0.1, 0.15) is 5.82 Å². The maximum atomic E-state index is 6.25. The van der Waals surface area contributed by atoms with E-state index in [1.807, 2.05) is 61.0 Å². The third-order valence-corrected chi connectivity index (χ3v) is 4.87. The van der Waals surface area contributed by atoms with Crippen LogP contribution in [0.4, 0.5) is 0 Å². The molecule has 0 radical (unpaired) electrons. The topological polar surface area (TPSA) is 67.1 Å². The van der Waals surface area contributed by atoms with Gasteiger partial charge in [-0.15, -0.1) is 34.2 Å². The molecule has 0 amide bonds. The van der Waals surface area contributed by atoms with Crippen molar-refractivity contribution in [3.05, 3.63) is 82.4 Å². The zero-order chi connectivity index (χ0) is 19.8. The molecule has 3 rings (SSSR count). The number of guanidine groups is 1. The lowest BCUT2D eigenvalue weighted by molar-refractivity contribution is 0.713. The summed E-state index contributed by atoms with van der Waals surface area (Å²) >= 11 is 6.25. The zero-order valence-corrected chi connectivity index (χ0v) is 19.7. The summed E-state index contributed by atoms with van der Waals surface area (Å²) in [6, 6.07) is 18.1. The molecule has 0 aliphatic heterocycles. The Hall–Kier alpha value is -2.13. The molecule has 0 bridgehead atoms. The second-order valence-corrected chi connectivity index (χ2v) is 6.90. The van der Waals surface area contributed by atoms with Gasteiger partial charge in [0, 0.05) is 18.6 Å². The van der Waals surface area contributed by atoms with E-state index in [0.29, 0.717) is 13.1 Å². The molecule has 0 atom stereocenters. The average Bonchev–Trinajstić information content (AvgIpc) is 3.04. The van der Waals surface area contributed by atoms with Crippen LogP contribution in [0.2, 0.25) is 5.02 Å². The molecule has 0 aliphatic rings. The fourth-order valence-electron chi connectivity index (χ4n) is 2.71. The van der Waals surface area contributed by atoms with E-state index in [9.17, 15) is 0 Å². The van der Waals surface area contributed by atoms with E-state index in [4.69, 9.17) is 16.6 Å². The molecular weight excluding hydrogens is 499 g/mol. The number of rotatable bonds is 7. The predicted octanol–water partition coefficient (Wildman–Crippen LogP) is 3.87. The number of aromatic nitrogens is 3. The fraction of sp³-hybridized carbons (Fsp3) is 0.286. The molecule has 0 unspecified atom stereocenters. The smallest absolute Gasteiger partial charge is 0.191 e. The van der Waals surface area contributed by atoms with Crippen molar-refractivity contribution in [1.82, 2.24) is 25.4 Å². The minimum absolute atomic E-state index is 0. The predicted molar refractivity (Wildman–Crippen MR) is 129 cm³/mol. The molecule has 6 nitrogen and oxygen atoms in total. The second kappa shape index (κ2) is 11.8. The van der Waals surface area contributed by atoms with Crippen LogP contribution in [0.3, 0.4) is 0 Å². The molecule has 0 aliphatic carbocycles. The molecule has 1 aromatic heterocycles. The number of nitrogens with one attached hydrogen (secondary N) is 2. The van der Waals surface area contributed by atoms with Crippen molar-refractivity contribution >= 4 is 41.5 Å². The molecule has 29 heavy (non-hydrogen) atoms. The highest BCUT2D eigenvalue weighted by atomic mass is 127. The fourth-order valence-corrected chi connectivity index (χ4v) is 2.94. The number of aliphatic imine (C=N–C) groups is 1. The van der Waals surface area contributed by atoms with Crippen LogP contribution in [0.5, 0.6) is 0 Å². The first-order chi connectivity index (χ1) is 13.6. The summed E-state index contributed by atoms with van der Waals surface area (Å²) in [5, 5.41) is 15.8. The number of halogens is 2. The highest BCUT2D eigenvalue weighted by molar-refractivity contribution is 14.0. The number of hydrogen-bond donors (Lipinski definition) is 2. The van der Waals surface area contributed by atoms with Crippen LogP contribution in [-0.4, -0.2) is 27.3 Å². The first-order valence-corrected chi connectivity index (χ1v) is 9.65. The van der Waals surface area contributed by atoms with Crippen molar-refractivity contribution in [2.24, 2.45) is 12.0 Å². The Morgan fingerprint density at radius 2 is 1.76 bits per heavy atom. The quantitative estimate of drug-likeness (QED) is 0.280. The highest BCUT2D eigenvalue weighted by Gasteiger charge is 2.07. The summed E-state index contributed by atoms with van der Waals surface area (Å²) in [7, 11) is 1.96. The molecule has 0 fully saturated rings. The van der Waals surface area contributed by atoms with Gasteiger partial charge in [0.2, 0.25) is 0 Å². The van der Waals surface area contributed by atoms with E-state index in [-0.39, 0.29) is 24.0 Å². The van der Waals surface area contributed by atoms with Crippen molar-refractivity contribution in [1.29, 1.82) is 0 Å². The third-order valence-electron chi connectivity index (χ3n) is 4.50. The van der Waals surface area contributed by atoms with Crippen LogP contribution in [0.25, 0.3) is 0 Å². The summed E-state index contributed by atoms with van der Waals surface area (Å²) < 4.78 is 1.96. The average molecular weight is 525 g/mol. The molecule has 154 valence electrons. The van der Waals surface area contributed by atoms with E-state index in [1.54, 1.807) is 0 Å². The maximum Gasteiger partial charge on any atom is 0.191 e. The van der Waals surface area contributed by atoms with Gasteiger partial charge < -0.3 is 15.2 Å². The number of hydrogen-bond acceptors (Lipinski definition) is 3. The van der Waals surface area contributed by atoms with Crippen molar-refractivity contribution in [2.75, 3.05) is 6.54 Å². The lowest BCUT2D eigenvalue weighted by Gasteiger charge is -2.13. The molecule has 2 N–H and O–H groups in total. The van der Waals surface area contributed by atoms with E-state index in [1.165, 1.54) is 0 Å². The normalized spacial score (nSPS) is 11.1. The van der Waals surface area contributed by atoms with Crippen LogP contribution in [-0.2, 0) is 26.6 Å². The van der Waals surface area contributed by atoms with Crippen molar-refractivity contribution < 1.29 is 0 Å². The number of aryl methyl sites for hydroxylation is 1. The first kappa shape index (κ1) is 23.2. The summed E-state index contributed by atoms with van der Waals surface area (Å²) in [5.41, 5.74) is 2.27. The van der Waals surface area contributed by atoms with Gasteiger partial charge in [-0.3, -0.25) is 0 Å². The van der Waals surface area contributed by atoms with Gasteiger partial charge >= 0.3 is 0 Å². The van der Waals surface area contributed by atoms with Crippen LogP contribution < -0.4 is 10.6 Å². The van der Waals surface area contributed by atoms with Crippen LogP contribution in [0, 0.1) is 6.92 Å². The molecule has 0 spiro atoms. The van der Waals surface area contributed by atoms with Crippen LogP contribution in [0.1, 0.15) is 22.8 Å². The van der Waals surface area contributed by atoms with Crippen molar-refractivity contribution in [3.8, 4) is 0 Å². The molecule has 2 aromatic carbocycles. The Morgan fingerprint density at radius 3 is 2.45 bits per heavy atom. The van der Waals surface area contributed by atoms with E-state index >= 15 is 0 Å². The molecule has 0 saturated carbocycles.